The van der Waals surface area contributed by atoms with E-state index in [4.69, 9.17) is 4.74 Å². The summed E-state index contributed by atoms with van der Waals surface area (Å²) >= 11 is 0. The number of esters is 1. The highest BCUT2D eigenvalue weighted by atomic mass is 16.5. The van der Waals surface area contributed by atoms with E-state index in [9.17, 15) is 9.59 Å². The maximum Gasteiger partial charge on any atom is 0.311 e. The number of hydrogen-bond acceptors (Lipinski definition) is 4. The Labute approximate surface area is 181 Å². The van der Waals surface area contributed by atoms with Crippen molar-refractivity contribution in [2.24, 2.45) is 5.92 Å². The number of rotatable bonds is 14. The number of Topliss-reactive ketones (excluding diaryl/α,β-unsaturated/α-hetero) is 1. The molecule has 1 atom stereocenters. The number of carbonyl (C=O) groups excluding carboxylic acids is 2. The molecule has 2 rings (SSSR count). The molecular formula is C26H35NO3. The van der Waals surface area contributed by atoms with Gasteiger partial charge >= 0.3 is 5.97 Å². The Hall–Kier alpha value is -2.46. The van der Waals surface area contributed by atoms with Gasteiger partial charge in [-0.2, -0.15) is 0 Å². The fourth-order valence-electron chi connectivity index (χ4n) is 3.59. The van der Waals surface area contributed by atoms with E-state index < -0.39 is 0 Å². The first-order valence-electron chi connectivity index (χ1n) is 11.1. The number of ketones is 1. The lowest BCUT2D eigenvalue weighted by Crippen LogP contribution is -2.30. The molecule has 0 N–H and O–H groups in total. The Morgan fingerprint density at radius 1 is 0.900 bits per heavy atom. The van der Waals surface area contributed by atoms with Gasteiger partial charge in [0.1, 0.15) is 11.5 Å². The quantitative estimate of drug-likeness (QED) is 0.229. The molecule has 30 heavy (non-hydrogen) atoms. The zero-order chi connectivity index (χ0) is 21.6. The van der Waals surface area contributed by atoms with Crippen LogP contribution >= 0.6 is 0 Å². The molecule has 162 valence electrons. The van der Waals surface area contributed by atoms with Crippen LogP contribution in [-0.2, 0) is 16.1 Å². The number of carbonyl (C=O) groups is 2. The second-order valence-electron chi connectivity index (χ2n) is 8.00. The summed E-state index contributed by atoms with van der Waals surface area (Å²) in [7, 11) is 1.97. The predicted octanol–water partition coefficient (Wildman–Crippen LogP) is 5.66. The standard InChI is InChI=1S/C26H35NO3/c1-3-4-5-10-15-23(18-19-26(29)30-24-16-11-7-12-17-24)25(28)21-27(2)20-22-13-8-6-9-14-22/h6-9,11-14,16-17,23H,3-5,10,15,18-21H2,1-2H3. The van der Waals surface area contributed by atoms with Gasteiger partial charge in [-0.1, -0.05) is 81.1 Å². The van der Waals surface area contributed by atoms with E-state index in [0.29, 0.717) is 18.7 Å². The minimum atomic E-state index is -0.273. The van der Waals surface area contributed by atoms with Crippen molar-refractivity contribution in [1.29, 1.82) is 0 Å². The third-order valence-electron chi connectivity index (χ3n) is 5.25. The van der Waals surface area contributed by atoms with Gasteiger partial charge in [-0.05, 0) is 37.6 Å². The normalized spacial score (nSPS) is 12.0. The van der Waals surface area contributed by atoms with Gasteiger partial charge in [0.25, 0.3) is 0 Å². The van der Waals surface area contributed by atoms with Crippen LogP contribution in [0.4, 0.5) is 0 Å². The molecular weight excluding hydrogens is 374 g/mol. The van der Waals surface area contributed by atoms with Crippen molar-refractivity contribution in [3.8, 4) is 5.75 Å². The molecule has 0 amide bonds. The second kappa shape index (κ2) is 13.7. The van der Waals surface area contributed by atoms with Gasteiger partial charge in [0.05, 0.1) is 6.54 Å². The topological polar surface area (TPSA) is 46.6 Å². The maximum atomic E-state index is 13.0. The Morgan fingerprint density at radius 3 is 2.23 bits per heavy atom. The number of likely N-dealkylation sites (N-methyl/N-ethyl adjacent to an activating group) is 1. The first-order chi connectivity index (χ1) is 14.6. The van der Waals surface area contributed by atoms with Crippen LogP contribution < -0.4 is 4.74 Å². The summed E-state index contributed by atoms with van der Waals surface area (Å²) in [6, 6.07) is 19.3. The summed E-state index contributed by atoms with van der Waals surface area (Å²) in [4.78, 5) is 27.3. The lowest BCUT2D eigenvalue weighted by atomic mass is 9.91. The molecule has 2 aromatic carbocycles. The van der Waals surface area contributed by atoms with Crippen LogP contribution in [-0.4, -0.2) is 30.2 Å². The second-order valence-corrected chi connectivity index (χ2v) is 8.00. The van der Waals surface area contributed by atoms with E-state index in [0.717, 1.165) is 25.8 Å². The van der Waals surface area contributed by atoms with Crippen LogP contribution in [0.25, 0.3) is 0 Å². The number of unbranched alkanes of at least 4 members (excludes halogenated alkanes) is 3. The van der Waals surface area contributed by atoms with Crippen LogP contribution in [0.15, 0.2) is 60.7 Å². The molecule has 1 unspecified atom stereocenters. The van der Waals surface area contributed by atoms with Crippen molar-refractivity contribution in [3.63, 3.8) is 0 Å². The number of benzene rings is 2. The zero-order valence-electron chi connectivity index (χ0n) is 18.4. The molecule has 0 heterocycles. The van der Waals surface area contributed by atoms with Gasteiger partial charge in [0.15, 0.2) is 0 Å². The number of ether oxygens (including phenoxy) is 1. The molecule has 0 aromatic heterocycles. The first kappa shape index (κ1) is 23.8. The largest absolute Gasteiger partial charge is 0.427 e. The van der Waals surface area contributed by atoms with Crippen molar-refractivity contribution in [2.75, 3.05) is 13.6 Å². The van der Waals surface area contributed by atoms with Gasteiger partial charge in [-0.3, -0.25) is 14.5 Å². The van der Waals surface area contributed by atoms with Crippen molar-refractivity contribution in [1.82, 2.24) is 4.90 Å². The Morgan fingerprint density at radius 2 is 1.57 bits per heavy atom. The molecule has 0 aliphatic heterocycles. The summed E-state index contributed by atoms with van der Waals surface area (Å²) in [6.07, 6.45) is 6.18. The van der Waals surface area contributed by atoms with Gasteiger partial charge in [0.2, 0.25) is 0 Å². The summed E-state index contributed by atoms with van der Waals surface area (Å²) < 4.78 is 5.39. The molecule has 0 fully saturated rings. The van der Waals surface area contributed by atoms with Crippen LogP contribution in [0.1, 0.15) is 57.4 Å². The molecule has 0 aliphatic carbocycles. The van der Waals surface area contributed by atoms with Crippen LogP contribution in [0, 0.1) is 5.92 Å². The monoisotopic (exact) mass is 409 g/mol. The van der Waals surface area contributed by atoms with Crippen molar-refractivity contribution >= 4 is 11.8 Å². The smallest absolute Gasteiger partial charge is 0.311 e. The number of hydrogen-bond donors (Lipinski definition) is 0. The van der Waals surface area contributed by atoms with Crippen molar-refractivity contribution in [2.45, 2.75) is 58.4 Å². The summed E-state index contributed by atoms with van der Waals surface area (Å²) in [6.45, 7) is 3.33. The molecule has 0 spiro atoms. The predicted molar refractivity (Wildman–Crippen MR) is 121 cm³/mol. The third kappa shape index (κ3) is 9.36. The average molecular weight is 410 g/mol. The molecule has 0 radical (unpaired) electrons. The summed E-state index contributed by atoms with van der Waals surface area (Å²) in [5.41, 5.74) is 1.19. The lowest BCUT2D eigenvalue weighted by Gasteiger charge is -2.21. The highest BCUT2D eigenvalue weighted by molar-refractivity contribution is 5.83. The van der Waals surface area contributed by atoms with E-state index in [1.165, 1.54) is 18.4 Å². The van der Waals surface area contributed by atoms with Gasteiger partial charge in [-0.25, -0.2) is 0 Å². The highest BCUT2D eigenvalue weighted by Gasteiger charge is 2.21. The minimum Gasteiger partial charge on any atom is -0.427 e. The molecule has 4 nitrogen and oxygen atoms in total. The van der Waals surface area contributed by atoms with Gasteiger partial charge < -0.3 is 4.74 Å². The van der Waals surface area contributed by atoms with Crippen molar-refractivity contribution < 1.29 is 14.3 Å². The van der Waals surface area contributed by atoms with Crippen LogP contribution in [0.3, 0.4) is 0 Å². The Balaban J connectivity index is 1.86. The molecule has 0 saturated carbocycles. The average Bonchev–Trinajstić information content (AvgIpc) is 2.74. The first-order valence-corrected chi connectivity index (χ1v) is 11.1. The third-order valence-corrected chi connectivity index (χ3v) is 5.25. The number of nitrogens with zero attached hydrogens (tertiary/aromatic N) is 1. The van der Waals surface area contributed by atoms with E-state index in [1.54, 1.807) is 12.1 Å². The fourth-order valence-corrected chi connectivity index (χ4v) is 3.59. The fraction of sp³-hybridized carbons (Fsp3) is 0.462. The van der Waals surface area contributed by atoms with E-state index >= 15 is 0 Å². The van der Waals surface area contributed by atoms with Gasteiger partial charge in [-0.15, -0.1) is 0 Å². The van der Waals surface area contributed by atoms with E-state index in [-0.39, 0.29) is 24.1 Å². The Bertz CT molecular complexity index is 745. The highest BCUT2D eigenvalue weighted by Crippen LogP contribution is 2.20. The number of para-hydroxylation sites is 1. The maximum absolute atomic E-state index is 13.0. The molecule has 0 aliphatic rings. The summed E-state index contributed by atoms with van der Waals surface area (Å²) in [5, 5.41) is 0. The van der Waals surface area contributed by atoms with Crippen molar-refractivity contribution in [3.05, 3.63) is 66.2 Å². The van der Waals surface area contributed by atoms with E-state index in [2.05, 4.69) is 24.0 Å². The lowest BCUT2D eigenvalue weighted by molar-refractivity contribution is -0.135. The molecule has 0 saturated heterocycles. The van der Waals surface area contributed by atoms with Crippen LogP contribution in [0.5, 0.6) is 5.75 Å². The molecule has 4 heteroatoms. The minimum absolute atomic E-state index is 0.0941. The van der Waals surface area contributed by atoms with E-state index in [1.807, 2.05) is 43.4 Å². The molecule has 2 aromatic rings. The zero-order valence-corrected chi connectivity index (χ0v) is 18.4. The van der Waals surface area contributed by atoms with Crippen LogP contribution in [0.2, 0.25) is 0 Å². The SMILES string of the molecule is CCCCCCC(CCC(=O)Oc1ccccc1)C(=O)CN(C)Cc1ccccc1. The van der Waals surface area contributed by atoms with Gasteiger partial charge in [0, 0.05) is 18.9 Å². The molecule has 0 bridgehead atoms. The Kier molecular flexibility index (Phi) is 10.9. The summed E-state index contributed by atoms with van der Waals surface area (Å²) in [5.74, 6) is 0.405.